The third kappa shape index (κ3) is 6.46. The summed E-state index contributed by atoms with van der Waals surface area (Å²) < 4.78 is 5.19. The van der Waals surface area contributed by atoms with E-state index < -0.39 is 0 Å². The summed E-state index contributed by atoms with van der Waals surface area (Å²) in [6.45, 7) is 1.96. The molecule has 0 aliphatic heterocycles. The lowest BCUT2D eigenvalue weighted by Gasteiger charge is -2.14. The van der Waals surface area contributed by atoms with E-state index in [9.17, 15) is 9.59 Å². The monoisotopic (exact) mass is 537 g/mol. The van der Waals surface area contributed by atoms with Crippen molar-refractivity contribution in [1.29, 1.82) is 0 Å². The molecule has 0 fully saturated rings. The fraction of sp³-hybridized carbons (Fsp3) is 0.148. The molecule has 0 saturated carbocycles. The number of rotatable bonds is 9. The topological polar surface area (TPSA) is 80.3 Å². The Bertz CT molecular complexity index is 1380. The van der Waals surface area contributed by atoms with Crippen molar-refractivity contribution in [3.8, 4) is 17.0 Å². The third-order valence-corrected chi connectivity index (χ3v) is 7.69. The molecule has 1 unspecified atom stereocenters. The molecular weight excluding hydrogens is 514 g/mol. The predicted molar refractivity (Wildman–Crippen MR) is 149 cm³/mol. The van der Waals surface area contributed by atoms with Gasteiger partial charge in [-0.05, 0) is 48.9 Å². The fourth-order valence-electron chi connectivity index (χ4n) is 3.41. The maximum atomic E-state index is 13.0. The van der Waals surface area contributed by atoms with Gasteiger partial charge in [-0.25, -0.2) is 4.98 Å². The lowest BCUT2D eigenvalue weighted by atomic mass is 10.2. The Kier molecular flexibility index (Phi) is 8.64. The second-order valence-corrected chi connectivity index (χ2v) is 10.3. The largest absolute Gasteiger partial charge is 0.497 e. The molecule has 0 spiro atoms. The highest BCUT2D eigenvalue weighted by molar-refractivity contribution is 8.00. The molecule has 184 valence electrons. The summed E-state index contributed by atoms with van der Waals surface area (Å²) in [6.07, 6.45) is 0.625. The Hall–Kier alpha value is -3.33. The molecule has 0 radical (unpaired) electrons. The summed E-state index contributed by atoms with van der Waals surface area (Å²) in [6, 6.07) is 21.9. The van der Waals surface area contributed by atoms with E-state index in [2.05, 4.69) is 15.6 Å². The second-order valence-electron chi connectivity index (χ2n) is 7.74. The van der Waals surface area contributed by atoms with Crippen LogP contribution in [0.15, 0.2) is 83.1 Å². The molecule has 1 heterocycles. The van der Waals surface area contributed by atoms with Crippen LogP contribution in [0.5, 0.6) is 5.75 Å². The van der Waals surface area contributed by atoms with E-state index >= 15 is 0 Å². The molecular formula is C27H24ClN3O3S2. The number of thioether (sulfide) groups is 1. The van der Waals surface area contributed by atoms with Crippen LogP contribution in [0.25, 0.3) is 11.3 Å². The first kappa shape index (κ1) is 25.8. The van der Waals surface area contributed by atoms with Crippen LogP contribution in [0, 0.1) is 0 Å². The Labute approximate surface area is 223 Å². The van der Waals surface area contributed by atoms with Gasteiger partial charge in [0.1, 0.15) is 5.75 Å². The summed E-state index contributed by atoms with van der Waals surface area (Å²) >= 11 is 9.07. The molecule has 4 aromatic rings. The highest BCUT2D eigenvalue weighted by Gasteiger charge is 2.20. The van der Waals surface area contributed by atoms with Gasteiger partial charge >= 0.3 is 0 Å². The maximum absolute atomic E-state index is 13.0. The van der Waals surface area contributed by atoms with E-state index in [1.807, 2.05) is 60.8 Å². The number of nitrogens with zero attached hydrogens (tertiary/aromatic N) is 1. The molecule has 2 N–H and O–H groups in total. The first-order valence-electron chi connectivity index (χ1n) is 11.2. The van der Waals surface area contributed by atoms with Gasteiger partial charge in [0.2, 0.25) is 5.91 Å². The summed E-state index contributed by atoms with van der Waals surface area (Å²) in [5.41, 5.74) is 2.69. The number of hydrogen-bond acceptors (Lipinski definition) is 6. The van der Waals surface area contributed by atoms with Gasteiger partial charge in [-0.3, -0.25) is 9.59 Å². The highest BCUT2D eigenvalue weighted by Crippen LogP contribution is 2.32. The number of amides is 2. The minimum Gasteiger partial charge on any atom is -0.497 e. The molecule has 0 aliphatic rings. The van der Waals surface area contributed by atoms with E-state index in [1.54, 1.807) is 31.4 Å². The highest BCUT2D eigenvalue weighted by atomic mass is 35.5. The Balaban J connectivity index is 1.40. The summed E-state index contributed by atoms with van der Waals surface area (Å²) in [7, 11) is 1.56. The number of benzene rings is 3. The maximum Gasteiger partial charge on any atom is 0.255 e. The molecule has 0 bridgehead atoms. The number of nitrogens with one attached hydrogen (secondary N) is 2. The predicted octanol–water partition coefficient (Wildman–Crippen LogP) is 7.23. The average molecular weight is 538 g/mol. The van der Waals surface area contributed by atoms with Crippen molar-refractivity contribution in [3.05, 3.63) is 88.8 Å². The number of aromatic nitrogens is 1. The van der Waals surface area contributed by atoms with E-state index in [1.165, 1.54) is 23.1 Å². The number of ether oxygens (including phenoxy) is 1. The van der Waals surface area contributed by atoms with Crippen molar-refractivity contribution in [3.63, 3.8) is 0 Å². The van der Waals surface area contributed by atoms with Crippen LogP contribution in [0.2, 0.25) is 5.02 Å². The molecule has 9 heteroatoms. The lowest BCUT2D eigenvalue weighted by Crippen LogP contribution is -2.24. The zero-order chi connectivity index (χ0) is 25.5. The molecule has 3 aromatic carbocycles. The number of anilines is 2. The van der Waals surface area contributed by atoms with Crippen molar-refractivity contribution in [2.75, 3.05) is 17.7 Å². The molecule has 0 saturated heterocycles. The number of carbonyl (C=O) groups is 2. The van der Waals surface area contributed by atoms with Crippen molar-refractivity contribution in [1.82, 2.24) is 4.98 Å². The van der Waals surface area contributed by atoms with Crippen LogP contribution < -0.4 is 15.4 Å². The van der Waals surface area contributed by atoms with Crippen molar-refractivity contribution in [2.45, 2.75) is 23.5 Å². The zero-order valence-corrected chi connectivity index (χ0v) is 22.0. The van der Waals surface area contributed by atoms with Gasteiger partial charge in [0.15, 0.2) is 5.13 Å². The van der Waals surface area contributed by atoms with Crippen LogP contribution in [0.3, 0.4) is 0 Å². The summed E-state index contributed by atoms with van der Waals surface area (Å²) in [4.78, 5) is 31.1. The Morgan fingerprint density at radius 2 is 1.86 bits per heavy atom. The first-order chi connectivity index (χ1) is 17.5. The molecule has 1 atom stereocenters. The van der Waals surface area contributed by atoms with Gasteiger partial charge in [0, 0.05) is 32.1 Å². The number of halogens is 1. The smallest absolute Gasteiger partial charge is 0.255 e. The van der Waals surface area contributed by atoms with Crippen LogP contribution in [-0.4, -0.2) is 29.2 Å². The van der Waals surface area contributed by atoms with Gasteiger partial charge in [0.05, 0.1) is 18.1 Å². The van der Waals surface area contributed by atoms with E-state index in [-0.39, 0.29) is 17.1 Å². The van der Waals surface area contributed by atoms with Crippen LogP contribution >= 0.6 is 34.7 Å². The molecule has 1 aromatic heterocycles. The minimum absolute atomic E-state index is 0.131. The number of thiazole rings is 1. The molecule has 4 rings (SSSR count). The van der Waals surface area contributed by atoms with Crippen molar-refractivity contribution >= 4 is 57.3 Å². The third-order valence-electron chi connectivity index (χ3n) is 5.25. The molecule has 36 heavy (non-hydrogen) atoms. The van der Waals surface area contributed by atoms with Gasteiger partial charge in [-0.2, -0.15) is 0 Å². The van der Waals surface area contributed by atoms with Gasteiger partial charge in [0.25, 0.3) is 5.91 Å². The fourth-order valence-corrected chi connectivity index (χ4v) is 5.37. The summed E-state index contributed by atoms with van der Waals surface area (Å²) in [5.74, 6) is 0.246. The van der Waals surface area contributed by atoms with Gasteiger partial charge in [-0.15, -0.1) is 23.1 Å². The average Bonchev–Trinajstić information content (AvgIpc) is 3.35. The van der Waals surface area contributed by atoms with E-state index in [0.29, 0.717) is 33.6 Å². The summed E-state index contributed by atoms with van der Waals surface area (Å²) in [5, 5.41) is 8.51. The van der Waals surface area contributed by atoms with Gasteiger partial charge in [-0.1, -0.05) is 48.9 Å². The number of methoxy groups -OCH3 is 1. The van der Waals surface area contributed by atoms with Crippen molar-refractivity contribution in [2.24, 2.45) is 0 Å². The first-order valence-corrected chi connectivity index (χ1v) is 13.3. The lowest BCUT2D eigenvalue weighted by molar-refractivity contribution is -0.115. The van der Waals surface area contributed by atoms with Crippen LogP contribution in [0.4, 0.5) is 10.8 Å². The van der Waals surface area contributed by atoms with Crippen LogP contribution in [-0.2, 0) is 4.79 Å². The Morgan fingerprint density at radius 3 is 2.64 bits per heavy atom. The van der Waals surface area contributed by atoms with Gasteiger partial charge < -0.3 is 15.4 Å². The minimum atomic E-state index is -0.331. The Morgan fingerprint density at radius 1 is 1.06 bits per heavy atom. The standard InChI is InChI=1S/C27H24ClN3O3S2/c1-3-24(26(33)31-27-30-23(16-35-27)21-12-4-5-13-22(21)28)36-20-11-7-9-18(15-20)29-25(32)17-8-6-10-19(14-17)34-2/h4-16,24H,3H2,1-2H3,(H,29,32)(H,30,31,33). The number of carbonyl (C=O) groups excluding carboxylic acids is 2. The zero-order valence-electron chi connectivity index (χ0n) is 19.7. The van der Waals surface area contributed by atoms with E-state index in [0.717, 1.165) is 16.2 Å². The van der Waals surface area contributed by atoms with E-state index in [4.69, 9.17) is 16.3 Å². The SMILES string of the molecule is CCC(Sc1cccc(NC(=O)c2cccc(OC)c2)c1)C(=O)Nc1nc(-c2ccccc2Cl)cs1. The van der Waals surface area contributed by atoms with Crippen LogP contribution in [0.1, 0.15) is 23.7 Å². The molecule has 2 amide bonds. The second kappa shape index (κ2) is 12.1. The number of hydrogen-bond donors (Lipinski definition) is 2. The normalized spacial score (nSPS) is 11.5. The quantitative estimate of drug-likeness (QED) is 0.220. The molecule has 0 aliphatic carbocycles. The molecule has 6 nitrogen and oxygen atoms in total. The van der Waals surface area contributed by atoms with Crippen molar-refractivity contribution < 1.29 is 14.3 Å².